The monoisotopic (exact) mass is 268 g/mol. The lowest BCUT2D eigenvalue weighted by Crippen LogP contribution is -2.22. The lowest BCUT2D eigenvalue weighted by molar-refractivity contribution is -0.114. The Hall–Kier alpha value is -2.62. The zero-order valence-electron chi connectivity index (χ0n) is 11.2. The molecule has 2 N–H and O–H groups in total. The third-order valence-electron chi connectivity index (χ3n) is 2.80. The van der Waals surface area contributed by atoms with Crippen molar-refractivity contribution in [3.05, 3.63) is 60.2 Å². The van der Waals surface area contributed by atoms with Gasteiger partial charge in [0.1, 0.15) is 0 Å². The first-order valence-electron chi connectivity index (χ1n) is 6.35. The van der Waals surface area contributed by atoms with Gasteiger partial charge < -0.3 is 10.6 Å². The molecule has 0 spiro atoms. The van der Waals surface area contributed by atoms with Gasteiger partial charge in [0.05, 0.1) is 6.54 Å². The van der Waals surface area contributed by atoms with E-state index in [1.54, 1.807) is 18.2 Å². The van der Waals surface area contributed by atoms with Crippen molar-refractivity contribution in [2.45, 2.75) is 6.92 Å². The van der Waals surface area contributed by atoms with E-state index in [1.807, 2.05) is 36.4 Å². The van der Waals surface area contributed by atoms with Gasteiger partial charge in [0.25, 0.3) is 0 Å². The summed E-state index contributed by atoms with van der Waals surface area (Å²) in [7, 11) is 0. The van der Waals surface area contributed by atoms with Crippen molar-refractivity contribution in [2.24, 2.45) is 0 Å². The lowest BCUT2D eigenvalue weighted by Gasteiger charge is -2.10. The van der Waals surface area contributed by atoms with Gasteiger partial charge in [0.2, 0.25) is 5.91 Å². The largest absolute Gasteiger partial charge is 0.376 e. The molecule has 4 nitrogen and oxygen atoms in total. The number of para-hydroxylation sites is 2. The number of carbonyl (C=O) groups excluding carboxylic acids is 2. The molecule has 0 saturated carbocycles. The van der Waals surface area contributed by atoms with Crippen LogP contribution in [0, 0.1) is 0 Å². The van der Waals surface area contributed by atoms with E-state index in [1.165, 1.54) is 6.92 Å². The summed E-state index contributed by atoms with van der Waals surface area (Å²) < 4.78 is 0. The molecule has 0 radical (unpaired) electrons. The molecule has 2 aromatic carbocycles. The number of carbonyl (C=O) groups is 2. The fourth-order valence-electron chi connectivity index (χ4n) is 1.85. The molecule has 0 aliphatic heterocycles. The Labute approximate surface area is 117 Å². The second-order valence-electron chi connectivity index (χ2n) is 4.37. The molecule has 0 heterocycles. The van der Waals surface area contributed by atoms with Gasteiger partial charge in [-0.05, 0) is 31.2 Å². The van der Waals surface area contributed by atoms with Crippen LogP contribution in [0.2, 0.25) is 0 Å². The molecule has 0 unspecified atom stereocenters. The Morgan fingerprint density at radius 3 is 2.30 bits per heavy atom. The van der Waals surface area contributed by atoms with Gasteiger partial charge in [0.15, 0.2) is 5.78 Å². The van der Waals surface area contributed by atoms with E-state index in [0.717, 1.165) is 5.69 Å². The van der Waals surface area contributed by atoms with Crippen molar-refractivity contribution in [1.82, 2.24) is 0 Å². The highest BCUT2D eigenvalue weighted by atomic mass is 16.2. The number of hydrogen-bond acceptors (Lipinski definition) is 3. The fourth-order valence-corrected chi connectivity index (χ4v) is 1.85. The molecule has 0 atom stereocenters. The van der Waals surface area contributed by atoms with Crippen LogP contribution in [0.15, 0.2) is 54.6 Å². The Morgan fingerprint density at radius 1 is 0.950 bits per heavy atom. The molecule has 0 aromatic heterocycles. The summed E-state index contributed by atoms with van der Waals surface area (Å²) in [6.45, 7) is 1.61. The van der Waals surface area contributed by atoms with Gasteiger partial charge in [0, 0.05) is 16.9 Å². The number of rotatable bonds is 5. The second kappa shape index (κ2) is 6.52. The van der Waals surface area contributed by atoms with Crippen molar-refractivity contribution in [1.29, 1.82) is 0 Å². The highest BCUT2D eigenvalue weighted by Crippen LogP contribution is 2.15. The van der Waals surface area contributed by atoms with E-state index in [2.05, 4.69) is 10.6 Å². The summed E-state index contributed by atoms with van der Waals surface area (Å²) in [5.41, 5.74) is 2.00. The average Bonchev–Trinajstić information content (AvgIpc) is 2.46. The Bertz CT molecular complexity index is 609. The van der Waals surface area contributed by atoms with E-state index < -0.39 is 0 Å². The smallest absolute Gasteiger partial charge is 0.243 e. The van der Waals surface area contributed by atoms with E-state index >= 15 is 0 Å². The van der Waals surface area contributed by atoms with Gasteiger partial charge in [-0.3, -0.25) is 9.59 Å². The third kappa shape index (κ3) is 3.68. The Morgan fingerprint density at radius 2 is 1.60 bits per heavy atom. The molecule has 0 saturated heterocycles. The van der Waals surface area contributed by atoms with Crippen LogP contribution in [-0.4, -0.2) is 18.2 Å². The summed E-state index contributed by atoms with van der Waals surface area (Å²) in [4.78, 5) is 23.3. The van der Waals surface area contributed by atoms with Gasteiger partial charge in [-0.1, -0.05) is 30.3 Å². The molecule has 1 amide bonds. The zero-order valence-corrected chi connectivity index (χ0v) is 11.2. The topological polar surface area (TPSA) is 58.2 Å². The number of amides is 1. The molecular weight excluding hydrogens is 252 g/mol. The summed E-state index contributed by atoms with van der Waals surface area (Å²) in [5.74, 6) is -0.189. The summed E-state index contributed by atoms with van der Waals surface area (Å²) in [5, 5.41) is 5.76. The number of hydrogen-bond donors (Lipinski definition) is 2. The van der Waals surface area contributed by atoms with E-state index in [-0.39, 0.29) is 18.2 Å². The van der Waals surface area contributed by atoms with Gasteiger partial charge in [-0.25, -0.2) is 0 Å². The minimum Gasteiger partial charge on any atom is -0.376 e. The summed E-state index contributed by atoms with van der Waals surface area (Å²) in [6, 6.07) is 16.4. The molecule has 2 aromatic rings. The van der Waals surface area contributed by atoms with Crippen molar-refractivity contribution in [3.63, 3.8) is 0 Å². The lowest BCUT2D eigenvalue weighted by atomic mass is 10.1. The standard InChI is InChI=1S/C16H16N2O2/c1-12(19)14-9-5-6-10-15(14)17-11-16(20)18-13-7-3-2-4-8-13/h2-10,17H,11H2,1H3,(H,18,20). The molecule has 2 rings (SSSR count). The zero-order chi connectivity index (χ0) is 14.4. The van der Waals surface area contributed by atoms with Crippen molar-refractivity contribution < 1.29 is 9.59 Å². The van der Waals surface area contributed by atoms with Gasteiger partial charge in [-0.15, -0.1) is 0 Å². The first kappa shape index (κ1) is 13.8. The number of ketones is 1. The fraction of sp³-hybridized carbons (Fsp3) is 0.125. The number of nitrogens with one attached hydrogen (secondary N) is 2. The maximum Gasteiger partial charge on any atom is 0.243 e. The number of anilines is 2. The average molecular weight is 268 g/mol. The van der Waals surface area contributed by atoms with Crippen LogP contribution >= 0.6 is 0 Å². The Balaban J connectivity index is 1.96. The van der Waals surface area contributed by atoms with Crippen LogP contribution in [0.4, 0.5) is 11.4 Å². The minimum absolute atomic E-state index is 0.0310. The number of Topliss-reactive ketones (excluding diaryl/α,β-unsaturated/α-hetero) is 1. The molecule has 0 fully saturated rings. The normalized spacial score (nSPS) is 9.85. The van der Waals surface area contributed by atoms with E-state index in [4.69, 9.17) is 0 Å². The highest BCUT2D eigenvalue weighted by molar-refractivity contribution is 6.00. The second-order valence-corrected chi connectivity index (χ2v) is 4.37. The first-order chi connectivity index (χ1) is 9.66. The maximum atomic E-state index is 11.8. The maximum absolute atomic E-state index is 11.8. The first-order valence-corrected chi connectivity index (χ1v) is 6.35. The third-order valence-corrected chi connectivity index (χ3v) is 2.80. The van der Waals surface area contributed by atoms with E-state index in [0.29, 0.717) is 11.3 Å². The van der Waals surface area contributed by atoms with Gasteiger partial charge in [-0.2, -0.15) is 0 Å². The summed E-state index contributed by atoms with van der Waals surface area (Å²) in [6.07, 6.45) is 0. The van der Waals surface area contributed by atoms with Crippen LogP contribution in [0.3, 0.4) is 0 Å². The van der Waals surface area contributed by atoms with Crippen molar-refractivity contribution in [3.8, 4) is 0 Å². The molecule has 0 bridgehead atoms. The van der Waals surface area contributed by atoms with Crippen LogP contribution in [0.5, 0.6) is 0 Å². The van der Waals surface area contributed by atoms with Crippen molar-refractivity contribution in [2.75, 3.05) is 17.2 Å². The Kier molecular flexibility index (Phi) is 4.50. The molecular formula is C16H16N2O2. The van der Waals surface area contributed by atoms with Crippen LogP contribution < -0.4 is 10.6 Å². The quantitative estimate of drug-likeness (QED) is 0.820. The SMILES string of the molecule is CC(=O)c1ccccc1NCC(=O)Nc1ccccc1. The molecule has 0 aliphatic rings. The molecule has 20 heavy (non-hydrogen) atoms. The van der Waals surface area contributed by atoms with E-state index in [9.17, 15) is 9.59 Å². The van der Waals surface area contributed by atoms with Crippen LogP contribution in [0.25, 0.3) is 0 Å². The minimum atomic E-state index is -0.158. The molecule has 4 heteroatoms. The van der Waals surface area contributed by atoms with Crippen LogP contribution in [-0.2, 0) is 4.79 Å². The highest BCUT2D eigenvalue weighted by Gasteiger charge is 2.07. The summed E-state index contributed by atoms with van der Waals surface area (Å²) >= 11 is 0. The molecule has 102 valence electrons. The van der Waals surface area contributed by atoms with Crippen molar-refractivity contribution >= 4 is 23.1 Å². The molecule has 0 aliphatic carbocycles. The van der Waals surface area contributed by atoms with Gasteiger partial charge >= 0.3 is 0 Å². The van der Waals surface area contributed by atoms with Crippen LogP contribution in [0.1, 0.15) is 17.3 Å². The predicted molar refractivity (Wildman–Crippen MR) is 80.0 cm³/mol. The number of benzene rings is 2. The predicted octanol–water partition coefficient (Wildman–Crippen LogP) is 2.94.